The van der Waals surface area contributed by atoms with Crippen molar-refractivity contribution in [2.24, 2.45) is 0 Å². The number of rotatable bonds is 3. The summed E-state index contributed by atoms with van der Waals surface area (Å²) in [6.45, 7) is 0. The Hall–Kier alpha value is -3.62. The molecule has 0 aliphatic heterocycles. The van der Waals surface area contributed by atoms with Crippen LogP contribution >= 0.6 is 0 Å². The first-order valence-corrected chi connectivity index (χ1v) is 7.05. The molecule has 4 rings (SSSR count). The van der Waals surface area contributed by atoms with Crippen LogP contribution in [0.15, 0.2) is 36.4 Å². The molecule has 4 aromatic rings. The topological polar surface area (TPSA) is 119 Å². The van der Waals surface area contributed by atoms with E-state index in [9.17, 15) is 4.79 Å². The fraction of sp³-hybridized carbons (Fsp3) is 0.0667. The Labute approximate surface area is 135 Å². The van der Waals surface area contributed by atoms with Gasteiger partial charge in [0.1, 0.15) is 16.8 Å². The number of benzene rings is 2. The van der Waals surface area contributed by atoms with Crippen LogP contribution < -0.4 is 10.1 Å². The molecule has 0 aliphatic carbocycles. The zero-order chi connectivity index (χ0) is 16.5. The molecule has 2 heterocycles. The van der Waals surface area contributed by atoms with Crippen LogP contribution in [0.4, 0.5) is 5.95 Å². The van der Waals surface area contributed by atoms with Crippen molar-refractivity contribution < 1.29 is 9.53 Å². The summed E-state index contributed by atoms with van der Waals surface area (Å²) in [6, 6.07) is 10.7. The number of ether oxygens (including phenoxy) is 1. The van der Waals surface area contributed by atoms with Gasteiger partial charge in [0.2, 0.25) is 5.95 Å². The van der Waals surface area contributed by atoms with Gasteiger partial charge in [0.15, 0.2) is 0 Å². The molecule has 2 aromatic heterocycles. The van der Waals surface area contributed by atoms with E-state index in [4.69, 9.17) is 4.74 Å². The van der Waals surface area contributed by atoms with Crippen LogP contribution in [0.2, 0.25) is 0 Å². The Morgan fingerprint density at radius 3 is 2.62 bits per heavy atom. The van der Waals surface area contributed by atoms with E-state index < -0.39 is 0 Å². The number of nitrogens with one attached hydrogen (secondary N) is 2. The van der Waals surface area contributed by atoms with Crippen molar-refractivity contribution >= 4 is 33.9 Å². The first kappa shape index (κ1) is 14.0. The number of para-hydroxylation sites is 2. The summed E-state index contributed by atoms with van der Waals surface area (Å²) in [5, 5.41) is 15.5. The predicted octanol–water partition coefficient (Wildman–Crippen LogP) is 1.56. The van der Waals surface area contributed by atoms with Gasteiger partial charge in [0.25, 0.3) is 5.91 Å². The third-order valence-corrected chi connectivity index (χ3v) is 3.50. The van der Waals surface area contributed by atoms with Gasteiger partial charge in [-0.05, 0) is 34.7 Å². The van der Waals surface area contributed by atoms with Crippen molar-refractivity contribution in [3.05, 3.63) is 42.0 Å². The van der Waals surface area contributed by atoms with Gasteiger partial charge >= 0.3 is 0 Å². The van der Waals surface area contributed by atoms with Gasteiger partial charge < -0.3 is 4.74 Å². The van der Waals surface area contributed by atoms with E-state index in [1.54, 1.807) is 31.4 Å². The van der Waals surface area contributed by atoms with Gasteiger partial charge in [-0.15, -0.1) is 0 Å². The molecule has 2 N–H and O–H groups in total. The summed E-state index contributed by atoms with van der Waals surface area (Å²) in [4.78, 5) is 21.6. The Morgan fingerprint density at radius 2 is 1.88 bits per heavy atom. The van der Waals surface area contributed by atoms with Gasteiger partial charge in [-0.2, -0.15) is 0 Å². The SMILES string of the molecule is COc1cccc2nc3cccc(C(=O)Nc4nnn[nH]4)c3nc12. The molecule has 1 amide bonds. The van der Waals surface area contributed by atoms with Crippen molar-refractivity contribution in [2.75, 3.05) is 12.4 Å². The van der Waals surface area contributed by atoms with Gasteiger partial charge in [-0.25, -0.2) is 15.1 Å². The number of tetrazole rings is 1. The molecule has 0 saturated carbocycles. The van der Waals surface area contributed by atoms with E-state index in [-0.39, 0.29) is 11.9 Å². The van der Waals surface area contributed by atoms with E-state index in [2.05, 4.69) is 35.9 Å². The van der Waals surface area contributed by atoms with Crippen LogP contribution in [0.1, 0.15) is 10.4 Å². The maximum atomic E-state index is 12.5. The number of H-pyrrole nitrogens is 1. The third-order valence-electron chi connectivity index (χ3n) is 3.50. The summed E-state index contributed by atoms with van der Waals surface area (Å²) < 4.78 is 5.33. The summed E-state index contributed by atoms with van der Waals surface area (Å²) in [6.07, 6.45) is 0. The smallest absolute Gasteiger partial charge is 0.260 e. The first-order chi connectivity index (χ1) is 11.8. The normalized spacial score (nSPS) is 10.9. The van der Waals surface area contributed by atoms with Crippen molar-refractivity contribution in [3.63, 3.8) is 0 Å². The second-order valence-electron chi connectivity index (χ2n) is 4.93. The number of hydrogen-bond acceptors (Lipinski definition) is 7. The maximum Gasteiger partial charge on any atom is 0.260 e. The minimum Gasteiger partial charge on any atom is -0.494 e. The quantitative estimate of drug-likeness (QED) is 0.549. The molecule has 0 unspecified atom stereocenters. The van der Waals surface area contributed by atoms with E-state index in [1.165, 1.54) is 0 Å². The van der Waals surface area contributed by atoms with Gasteiger partial charge in [-0.1, -0.05) is 17.2 Å². The zero-order valence-corrected chi connectivity index (χ0v) is 12.5. The highest BCUT2D eigenvalue weighted by atomic mass is 16.5. The first-order valence-electron chi connectivity index (χ1n) is 7.05. The molecule has 9 nitrogen and oxygen atoms in total. The lowest BCUT2D eigenvalue weighted by molar-refractivity contribution is 0.102. The number of carbonyl (C=O) groups excluding carboxylic acids is 1. The molecule has 0 atom stereocenters. The number of aromatic nitrogens is 6. The van der Waals surface area contributed by atoms with Crippen molar-refractivity contribution in [1.29, 1.82) is 0 Å². The average molecular weight is 321 g/mol. The molecule has 118 valence electrons. The minimum absolute atomic E-state index is 0.156. The highest BCUT2D eigenvalue weighted by Crippen LogP contribution is 2.26. The number of methoxy groups -OCH3 is 1. The second-order valence-corrected chi connectivity index (χ2v) is 4.93. The highest BCUT2D eigenvalue weighted by molar-refractivity contribution is 6.11. The fourth-order valence-electron chi connectivity index (χ4n) is 2.43. The summed E-state index contributed by atoms with van der Waals surface area (Å²) in [5.41, 5.74) is 2.73. The highest BCUT2D eigenvalue weighted by Gasteiger charge is 2.15. The molecule has 24 heavy (non-hydrogen) atoms. The van der Waals surface area contributed by atoms with E-state index in [0.29, 0.717) is 33.4 Å². The van der Waals surface area contributed by atoms with Crippen molar-refractivity contribution in [1.82, 2.24) is 30.6 Å². The second kappa shape index (κ2) is 5.54. The van der Waals surface area contributed by atoms with Gasteiger partial charge in [-0.3, -0.25) is 10.1 Å². The van der Waals surface area contributed by atoms with Crippen LogP contribution in [0.3, 0.4) is 0 Å². The molecular formula is C15H11N7O2. The Balaban J connectivity index is 1.89. The number of amides is 1. The van der Waals surface area contributed by atoms with Gasteiger partial charge in [0, 0.05) is 0 Å². The Bertz CT molecular complexity index is 1050. The van der Waals surface area contributed by atoms with Gasteiger partial charge in [0.05, 0.1) is 23.7 Å². The van der Waals surface area contributed by atoms with Crippen LogP contribution in [-0.2, 0) is 0 Å². The summed E-state index contributed by atoms with van der Waals surface area (Å²) in [5.74, 6) is 0.363. The van der Waals surface area contributed by atoms with Crippen LogP contribution in [0, 0.1) is 0 Å². The number of aromatic amines is 1. The number of fused-ring (bicyclic) bond motifs is 2. The minimum atomic E-state index is -0.386. The summed E-state index contributed by atoms with van der Waals surface area (Å²) >= 11 is 0. The Morgan fingerprint density at radius 1 is 1.08 bits per heavy atom. The number of hydrogen-bond donors (Lipinski definition) is 2. The number of carbonyl (C=O) groups is 1. The molecular weight excluding hydrogens is 310 g/mol. The van der Waals surface area contributed by atoms with Crippen LogP contribution in [-0.4, -0.2) is 43.6 Å². The molecule has 0 radical (unpaired) electrons. The van der Waals surface area contributed by atoms with Crippen LogP contribution in [0.5, 0.6) is 5.75 Å². The van der Waals surface area contributed by atoms with E-state index in [0.717, 1.165) is 0 Å². The lowest BCUT2D eigenvalue weighted by atomic mass is 10.1. The lowest BCUT2D eigenvalue weighted by Crippen LogP contribution is -2.14. The van der Waals surface area contributed by atoms with Crippen molar-refractivity contribution in [3.8, 4) is 5.75 Å². The maximum absolute atomic E-state index is 12.5. The Kier molecular flexibility index (Phi) is 3.23. The predicted molar refractivity (Wildman–Crippen MR) is 85.7 cm³/mol. The molecule has 0 fully saturated rings. The monoisotopic (exact) mass is 321 g/mol. The lowest BCUT2D eigenvalue weighted by Gasteiger charge is -2.08. The molecule has 0 spiro atoms. The van der Waals surface area contributed by atoms with Crippen molar-refractivity contribution in [2.45, 2.75) is 0 Å². The standard InChI is InChI=1S/C15H11N7O2/c1-24-11-7-3-6-10-13(11)17-12-8(4-2-5-9(12)16-10)14(23)18-15-19-21-22-20-15/h2-7H,1H3,(H2,18,19,20,21,22,23). The average Bonchev–Trinajstić information content (AvgIpc) is 3.11. The fourth-order valence-corrected chi connectivity index (χ4v) is 2.43. The molecule has 9 heteroatoms. The largest absolute Gasteiger partial charge is 0.494 e. The van der Waals surface area contributed by atoms with E-state index in [1.807, 2.05) is 12.1 Å². The molecule has 0 saturated heterocycles. The van der Waals surface area contributed by atoms with Crippen LogP contribution in [0.25, 0.3) is 22.1 Å². The third kappa shape index (κ3) is 2.28. The van der Waals surface area contributed by atoms with E-state index >= 15 is 0 Å². The molecule has 0 aliphatic rings. The zero-order valence-electron chi connectivity index (χ0n) is 12.5. The number of anilines is 1. The molecule has 2 aromatic carbocycles. The number of nitrogens with zero attached hydrogens (tertiary/aromatic N) is 5. The summed E-state index contributed by atoms with van der Waals surface area (Å²) in [7, 11) is 1.57. The molecule has 0 bridgehead atoms.